The highest BCUT2D eigenvalue weighted by molar-refractivity contribution is 7.89. The van der Waals surface area contributed by atoms with E-state index in [4.69, 9.17) is 4.84 Å². The molecule has 36 heavy (non-hydrogen) atoms. The summed E-state index contributed by atoms with van der Waals surface area (Å²) in [6.07, 6.45) is 1.34. The fourth-order valence-corrected chi connectivity index (χ4v) is 8.72. The fraction of sp³-hybridized carbons (Fsp3) is 0.571. The van der Waals surface area contributed by atoms with Crippen molar-refractivity contribution in [2.75, 3.05) is 26.2 Å². The van der Waals surface area contributed by atoms with Crippen molar-refractivity contribution in [1.29, 1.82) is 0 Å². The average Bonchev–Trinajstić information content (AvgIpc) is 3.18. The van der Waals surface area contributed by atoms with Crippen LogP contribution in [0.5, 0.6) is 0 Å². The number of rotatable bonds is 5. The van der Waals surface area contributed by atoms with E-state index in [-0.39, 0.29) is 30.7 Å². The zero-order valence-corrected chi connectivity index (χ0v) is 22.5. The van der Waals surface area contributed by atoms with Gasteiger partial charge < -0.3 is 5.11 Å². The maximum atomic E-state index is 13.7. The van der Waals surface area contributed by atoms with Crippen LogP contribution in [-0.2, 0) is 14.9 Å². The Kier molecular flexibility index (Phi) is 7.29. The largest absolute Gasteiger partial charge is 0.395 e. The average molecular weight is 514 g/mol. The molecule has 0 spiro atoms. The van der Waals surface area contributed by atoms with Crippen LogP contribution in [0.3, 0.4) is 0 Å². The monoisotopic (exact) mass is 513 g/mol. The minimum absolute atomic E-state index is 0.0125. The van der Waals surface area contributed by atoms with Gasteiger partial charge in [0.15, 0.2) is 0 Å². The van der Waals surface area contributed by atoms with Gasteiger partial charge in [0.05, 0.1) is 18.8 Å². The van der Waals surface area contributed by atoms with Gasteiger partial charge in [-0.15, -0.1) is 0 Å². The summed E-state index contributed by atoms with van der Waals surface area (Å²) in [7, 11) is -3.55. The van der Waals surface area contributed by atoms with Crippen LogP contribution < -0.4 is 5.48 Å². The van der Waals surface area contributed by atoms with E-state index in [1.54, 1.807) is 4.31 Å². The zero-order valence-electron chi connectivity index (χ0n) is 21.7. The first-order valence-corrected chi connectivity index (χ1v) is 14.7. The Balaban J connectivity index is 1.42. The standard InChI is InChI=1S/C28H39N3O4S/c1-18-8-7-9-24(19(18)2)22-10-12-23(13-11-22)27-25-16-30(14-5-6-15-31(25)26(27)17-32)36(33,34)28-20(3)29-35-21(28)4/h7-13,20-21,25-29,32H,5-6,14-17H2,1-4H3/t20?,21?,25?,26-,27+,28?/m1/s1. The van der Waals surface area contributed by atoms with Crippen LogP contribution in [0, 0.1) is 13.8 Å². The van der Waals surface area contributed by atoms with Crippen LogP contribution in [0.15, 0.2) is 42.5 Å². The molecule has 3 aliphatic rings. The number of aliphatic hydroxyl groups excluding tert-OH is 1. The van der Waals surface area contributed by atoms with Crippen molar-refractivity contribution in [3.8, 4) is 11.1 Å². The molecule has 196 valence electrons. The number of hydrogen-bond donors (Lipinski definition) is 2. The highest BCUT2D eigenvalue weighted by Crippen LogP contribution is 2.43. The third-order valence-corrected chi connectivity index (χ3v) is 11.2. The molecule has 0 aromatic heterocycles. The van der Waals surface area contributed by atoms with Crippen molar-refractivity contribution >= 4 is 10.0 Å². The van der Waals surface area contributed by atoms with Crippen molar-refractivity contribution in [3.63, 3.8) is 0 Å². The number of nitrogens with one attached hydrogen (secondary N) is 1. The van der Waals surface area contributed by atoms with Crippen LogP contribution >= 0.6 is 0 Å². The zero-order chi connectivity index (χ0) is 25.6. The Hall–Kier alpha value is -1.81. The van der Waals surface area contributed by atoms with Crippen LogP contribution in [0.4, 0.5) is 0 Å². The molecule has 0 amide bonds. The molecular weight excluding hydrogens is 474 g/mol. The second kappa shape index (κ2) is 10.2. The number of aliphatic hydroxyl groups is 1. The van der Waals surface area contributed by atoms with Gasteiger partial charge in [-0.05, 0) is 74.9 Å². The molecule has 3 heterocycles. The number of aryl methyl sites for hydroxylation is 1. The molecule has 3 saturated heterocycles. The van der Waals surface area contributed by atoms with Gasteiger partial charge in [-0.1, -0.05) is 42.5 Å². The van der Waals surface area contributed by atoms with E-state index in [0.717, 1.165) is 24.9 Å². The van der Waals surface area contributed by atoms with Crippen molar-refractivity contribution < 1.29 is 18.4 Å². The van der Waals surface area contributed by atoms with Gasteiger partial charge in [-0.25, -0.2) is 8.42 Å². The number of sulfonamides is 1. The lowest BCUT2D eigenvalue weighted by molar-refractivity contribution is -0.0555. The molecule has 2 aromatic rings. The first-order chi connectivity index (χ1) is 17.2. The van der Waals surface area contributed by atoms with Crippen molar-refractivity contribution in [2.45, 2.75) is 75.9 Å². The fourth-order valence-electron chi connectivity index (χ4n) is 6.52. The molecule has 3 aliphatic heterocycles. The second-order valence-corrected chi connectivity index (χ2v) is 12.8. The summed E-state index contributed by atoms with van der Waals surface area (Å²) in [5.41, 5.74) is 8.98. The Morgan fingerprint density at radius 3 is 2.44 bits per heavy atom. The van der Waals surface area contributed by atoms with E-state index >= 15 is 0 Å². The van der Waals surface area contributed by atoms with Crippen molar-refractivity contribution in [2.24, 2.45) is 0 Å². The topological polar surface area (TPSA) is 82.1 Å². The molecule has 2 aromatic carbocycles. The maximum Gasteiger partial charge on any atom is 0.221 e. The van der Waals surface area contributed by atoms with E-state index in [2.05, 4.69) is 66.7 Å². The number of hydrogen-bond acceptors (Lipinski definition) is 6. The van der Waals surface area contributed by atoms with Crippen LogP contribution in [0.2, 0.25) is 0 Å². The Bertz CT molecular complexity index is 1180. The smallest absolute Gasteiger partial charge is 0.221 e. The van der Waals surface area contributed by atoms with Gasteiger partial charge >= 0.3 is 0 Å². The summed E-state index contributed by atoms with van der Waals surface area (Å²) >= 11 is 0. The molecule has 3 fully saturated rings. The molecular formula is C28H39N3O4S. The Morgan fingerprint density at radius 1 is 1.06 bits per heavy atom. The van der Waals surface area contributed by atoms with Crippen LogP contribution in [0.1, 0.15) is 49.3 Å². The van der Waals surface area contributed by atoms with E-state index < -0.39 is 21.4 Å². The van der Waals surface area contributed by atoms with Gasteiger partial charge in [0.2, 0.25) is 10.0 Å². The lowest BCUT2D eigenvalue weighted by atomic mass is 9.74. The second-order valence-electron chi connectivity index (χ2n) is 10.8. The molecule has 8 heteroatoms. The third-order valence-electron chi connectivity index (χ3n) is 8.64. The molecule has 0 bridgehead atoms. The first kappa shape index (κ1) is 25.8. The molecule has 2 N–H and O–H groups in total. The summed E-state index contributed by atoms with van der Waals surface area (Å²) in [5, 5.41) is 9.69. The van der Waals surface area contributed by atoms with Crippen LogP contribution in [-0.4, -0.2) is 78.5 Å². The minimum Gasteiger partial charge on any atom is -0.395 e. The lowest BCUT2D eigenvalue weighted by Crippen LogP contribution is -2.68. The van der Waals surface area contributed by atoms with Gasteiger partial charge in [0, 0.05) is 31.1 Å². The summed E-state index contributed by atoms with van der Waals surface area (Å²) in [5.74, 6) is 0.0891. The lowest BCUT2D eigenvalue weighted by Gasteiger charge is -2.57. The highest BCUT2D eigenvalue weighted by Gasteiger charge is 2.52. The predicted molar refractivity (Wildman–Crippen MR) is 142 cm³/mol. The van der Waals surface area contributed by atoms with Gasteiger partial charge in [0.25, 0.3) is 0 Å². The number of hydroxylamine groups is 1. The van der Waals surface area contributed by atoms with Crippen molar-refractivity contribution in [1.82, 2.24) is 14.7 Å². The van der Waals surface area contributed by atoms with Gasteiger partial charge in [-0.2, -0.15) is 9.79 Å². The first-order valence-electron chi connectivity index (χ1n) is 13.2. The number of fused-ring (bicyclic) bond motifs is 1. The normalized spacial score (nSPS) is 31.9. The van der Waals surface area contributed by atoms with Gasteiger partial charge in [-0.3, -0.25) is 9.74 Å². The summed E-state index contributed by atoms with van der Waals surface area (Å²) in [6.45, 7) is 9.91. The minimum atomic E-state index is -3.55. The van der Waals surface area contributed by atoms with Gasteiger partial charge in [0.1, 0.15) is 5.25 Å². The molecule has 0 radical (unpaired) electrons. The maximum absolute atomic E-state index is 13.7. The SMILES string of the molecule is Cc1cccc(-c2ccc([C@H]3C4CN(S(=O)(=O)C5C(C)NOC5C)CCCCN4[C@@H]3CO)cc2)c1C. The number of nitrogens with zero attached hydrogens (tertiary/aromatic N) is 2. The molecule has 0 aliphatic carbocycles. The summed E-state index contributed by atoms with van der Waals surface area (Å²) in [6, 6.07) is 14.8. The molecule has 5 rings (SSSR count). The third kappa shape index (κ3) is 4.42. The molecule has 7 nitrogen and oxygen atoms in total. The predicted octanol–water partition coefficient (Wildman–Crippen LogP) is 3.21. The quantitative estimate of drug-likeness (QED) is 0.639. The van der Waals surface area contributed by atoms with E-state index in [0.29, 0.717) is 13.1 Å². The Labute approximate surface area is 215 Å². The van der Waals surface area contributed by atoms with Crippen LogP contribution in [0.25, 0.3) is 11.1 Å². The number of benzene rings is 2. The summed E-state index contributed by atoms with van der Waals surface area (Å²) in [4.78, 5) is 7.78. The summed E-state index contributed by atoms with van der Waals surface area (Å²) < 4.78 is 29.2. The Morgan fingerprint density at radius 2 is 1.78 bits per heavy atom. The molecule has 6 atom stereocenters. The van der Waals surface area contributed by atoms with E-state index in [1.807, 2.05) is 13.8 Å². The molecule has 0 saturated carbocycles. The van der Waals surface area contributed by atoms with E-state index in [9.17, 15) is 13.5 Å². The highest BCUT2D eigenvalue weighted by atomic mass is 32.2. The van der Waals surface area contributed by atoms with E-state index in [1.165, 1.54) is 22.3 Å². The van der Waals surface area contributed by atoms with Crippen molar-refractivity contribution in [3.05, 3.63) is 59.2 Å². The molecule has 4 unspecified atom stereocenters.